The van der Waals surface area contributed by atoms with Crippen LogP contribution >= 0.6 is 27.3 Å². The van der Waals surface area contributed by atoms with E-state index in [-0.39, 0.29) is 11.9 Å². The SMILES string of the molecule is CN1C(=O)[C@@H](c2ccc3ccoc3c2)[C@@](C)(c2cc(-c3cncc(Br)c3)cs2)N=C1N. The molecule has 1 aromatic carbocycles. The first-order valence-electron chi connectivity index (χ1n) is 9.67. The fourth-order valence-electron chi connectivity index (χ4n) is 4.06. The molecule has 0 bridgehead atoms. The van der Waals surface area contributed by atoms with E-state index in [9.17, 15) is 4.79 Å². The molecule has 0 spiro atoms. The van der Waals surface area contributed by atoms with Crippen LogP contribution < -0.4 is 5.73 Å². The van der Waals surface area contributed by atoms with Crippen LogP contribution in [0.3, 0.4) is 0 Å². The topological polar surface area (TPSA) is 84.7 Å². The van der Waals surface area contributed by atoms with E-state index in [1.807, 2.05) is 43.5 Å². The summed E-state index contributed by atoms with van der Waals surface area (Å²) in [7, 11) is 1.66. The molecule has 0 unspecified atom stereocenters. The van der Waals surface area contributed by atoms with Crippen molar-refractivity contribution >= 4 is 50.1 Å². The Labute approximate surface area is 191 Å². The van der Waals surface area contributed by atoms with Gasteiger partial charge < -0.3 is 10.2 Å². The third-order valence-corrected chi connectivity index (χ3v) is 7.37. The number of aromatic nitrogens is 1. The number of carbonyl (C=O) groups is 1. The number of furan rings is 1. The lowest BCUT2D eigenvalue weighted by atomic mass is 9.77. The van der Waals surface area contributed by atoms with E-state index in [0.29, 0.717) is 0 Å². The van der Waals surface area contributed by atoms with Crippen molar-refractivity contribution in [2.75, 3.05) is 7.05 Å². The van der Waals surface area contributed by atoms with Gasteiger partial charge in [-0.1, -0.05) is 12.1 Å². The summed E-state index contributed by atoms with van der Waals surface area (Å²) in [6.45, 7) is 1.97. The minimum absolute atomic E-state index is 0.0972. The molecule has 0 saturated carbocycles. The first kappa shape index (κ1) is 20.0. The summed E-state index contributed by atoms with van der Waals surface area (Å²) in [6, 6.07) is 11.9. The van der Waals surface area contributed by atoms with Crippen LogP contribution in [0.2, 0.25) is 0 Å². The molecule has 156 valence electrons. The van der Waals surface area contributed by atoms with Gasteiger partial charge in [0, 0.05) is 39.7 Å². The van der Waals surface area contributed by atoms with Crippen molar-refractivity contribution in [2.45, 2.75) is 18.4 Å². The quantitative estimate of drug-likeness (QED) is 0.429. The zero-order valence-electron chi connectivity index (χ0n) is 16.9. The van der Waals surface area contributed by atoms with Crippen molar-refractivity contribution in [3.8, 4) is 11.1 Å². The highest BCUT2D eigenvalue weighted by atomic mass is 79.9. The monoisotopic (exact) mass is 494 g/mol. The first-order chi connectivity index (χ1) is 14.9. The number of likely N-dealkylation sites (N-methyl/N-ethyl adjacent to an activating group) is 1. The summed E-state index contributed by atoms with van der Waals surface area (Å²) in [5, 5.41) is 3.05. The second-order valence-corrected chi connectivity index (χ2v) is 9.58. The highest BCUT2D eigenvalue weighted by Gasteiger charge is 2.48. The molecule has 6 nitrogen and oxygen atoms in total. The van der Waals surface area contributed by atoms with Gasteiger partial charge in [0.2, 0.25) is 5.91 Å². The average molecular weight is 495 g/mol. The zero-order chi connectivity index (χ0) is 21.8. The number of amides is 1. The van der Waals surface area contributed by atoms with E-state index >= 15 is 0 Å². The molecule has 2 atom stereocenters. The summed E-state index contributed by atoms with van der Waals surface area (Å²) < 4.78 is 6.49. The van der Waals surface area contributed by atoms with Crippen molar-refractivity contribution in [2.24, 2.45) is 10.7 Å². The van der Waals surface area contributed by atoms with Crippen LogP contribution in [0.15, 0.2) is 74.3 Å². The highest BCUT2D eigenvalue weighted by Crippen LogP contribution is 2.47. The first-order valence-corrected chi connectivity index (χ1v) is 11.3. The minimum Gasteiger partial charge on any atom is -0.464 e. The maximum atomic E-state index is 13.4. The molecule has 1 aliphatic rings. The predicted octanol–water partition coefficient (Wildman–Crippen LogP) is 5.10. The maximum Gasteiger partial charge on any atom is 0.239 e. The molecule has 3 aromatic heterocycles. The molecule has 1 aliphatic heterocycles. The van der Waals surface area contributed by atoms with E-state index in [1.165, 1.54) is 4.90 Å². The number of hydrogen-bond donors (Lipinski definition) is 1. The largest absolute Gasteiger partial charge is 0.464 e. The number of guanidine groups is 1. The standard InChI is InChI=1S/C23H19BrN4O2S/c1-23(19-9-16(12-31-19)15-7-17(24)11-26-10-15)20(21(29)28(2)22(25)27-23)14-4-3-13-5-6-30-18(13)8-14/h3-12,20H,1-2H3,(H2,25,27)/t20-,23-/m1/s1. The van der Waals surface area contributed by atoms with Crippen LogP contribution in [-0.4, -0.2) is 28.8 Å². The molecule has 4 heterocycles. The van der Waals surface area contributed by atoms with Gasteiger partial charge in [-0.05, 0) is 63.6 Å². The van der Waals surface area contributed by atoms with Crippen molar-refractivity contribution in [3.63, 3.8) is 0 Å². The average Bonchev–Trinajstić information content (AvgIpc) is 3.42. The second kappa shape index (κ2) is 7.32. The van der Waals surface area contributed by atoms with Gasteiger partial charge in [-0.2, -0.15) is 0 Å². The molecule has 0 saturated heterocycles. The lowest BCUT2D eigenvalue weighted by Gasteiger charge is -2.40. The number of hydrogen-bond acceptors (Lipinski definition) is 6. The number of nitrogens with two attached hydrogens (primary N) is 1. The predicted molar refractivity (Wildman–Crippen MR) is 126 cm³/mol. The molecule has 5 rings (SSSR count). The van der Waals surface area contributed by atoms with Crippen LogP contribution in [0.5, 0.6) is 0 Å². The van der Waals surface area contributed by atoms with Gasteiger partial charge >= 0.3 is 0 Å². The number of aliphatic imine (C=N–C) groups is 1. The van der Waals surface area contributed by atoms with Crippen LogP contribution in [0.1, 0.15) is 23.3 Å². The van der Waals surface area contributed by atoms with E-state index < -0.39 is 11.5 Å². The van der Waals surface area contributed by atoms with E-state index in [4.69, 9.17) is 15.1 Å². The molecule has 0 aliphatic carbocycles. The van der Waals surface area contributed by atoms with Crippen molar-refractivity contribution in [3.05, 3.63) is 75.3 Å². The Kier molecular flexibility index (Phi) is 4.71. The normalized spacial score (nSPS) is 21.5. The molecular formula is C23H19BrN4O2S. The molecule has 8 heteroatoms. The summed E-state index contributed by atoms with van der Waals surface area (Å²) in [4.78, 5) is 24.9. The maximum absolute atomic E-state index is 13.4. The number of pyridine rings is 1. The van der Waals surface area contributed by atoms with Crippen molar-refractivity contribution in [1.82, 2.24) is 9.88 Å². The molecule has 31 heavy (non-hydrogen) atoms. The van der Waals surface area contributed by atoms with Crippen molar-refractivity contribution in [1.29, 1.82) is 0 Å². The highest BCUT2D eigenvalue weighted by molar-refractivity contribution is 9.10. The number of fused-ring (bicyclic) bond motifs is 1. The summed E-state index contributed by atoms with van der Waals surface area (Å²) >= 11 is 5.04. The molecule has 0 fully saturated rings. The number of nitrogens with zero attached hydrogens (tertiary/aromatic N) is 3. The van der Waals surface area contributed by atoms with Gasteiger partial charge in [-0.15, -0.1) is 11.3 Å². The summed E-state index contributed by atoms with van der Waals surface area (Å²) in [5.74, 6) is -0.423. The van der Waals surface area contributed by atoms with Crippen LogP contribution in [0.4, 0.5) is 0 Å². The van der Waals surface area contributed by atoms with E-state index in [0.717, 1.165) is 37.0 Å². The van der Waals surface area contributed by atoms with Gasteiger partial charge in [-0.25, -0.2) is 4.99 Å². The molecule has 2 N–H and O–H groups in total. The molecular weight excluding hydrogens is 476 g/mol. The summed E-state index contributed by atoms with van der Waals surface area (Å²) in [5.41, 5.74) is 8.91. The number of halogens is 1. The Morgan fingerprint density at radius 1 is 1.19 bits per heavy atom. The Morgan fingerprint density at radius 3 is 2.84 bits per heavy atom. The van der Waals surface area contributed by atoms with Gasteiger partial charge in [0.15, 0.2) is 5.96 Å². The lowest BCUT2D eigenvalue weighted by Crippen LogP contribution is -2.52. The van der Waals surface area contributed by atoms with Gasteiger partial charge in [-0.3, -0.25) is 14.7 Å². The lowest BCUT2D eigenvalue weighted by molar-refractivity contribution is -0.130. The van der Waals surface area contributed by atoms with Crippen LogP contribution in [-0.2, 0) is 10.3 Å². The van der Waals surface area contributed by atoms with Crippen LogP contribution in [0, 0.1) is 0 Å². The molecule has 1 amide bonds. The summed E-state index contributed by atoms with van der Waals surface area (Å²) in [6.07, 6.45) is 5.22. The fourth-order valence-corrected chi connectivity index (χ4v) is 5.48. The van der Waals surface area contributed by atoms with Gasteiger partial charge in [0.1, 0.15) is 11.1 Å². The van der Waals surface area contributed by atoms with Gasteiger partial charge in [0.05, 0.1) is 12.2 Å². The van der Waals surface area contributed by atoms with Crippen LogP contribution in [0.25, 0.3) is 22.1 Å². The van der Waals surface area contributed by atoms with E-state index in [2.05, 4.69) is 32.4 Å². The number of thiophene rings is 1. The minimum atomic E-state index is -0.851. The Hall–Kier alpha value is -2.97. The van der Waals surface area contributed by atoms with Gasteiger partial charge in [0.25, 0.3) is 0 Å². The number of rotatable bonds is 3. The number of carbonyl (C=O) groups excluding carboxylic acids is 1. The Bertz CT molecular complexity index is 1340. The number of benzene rings is 1. The second-order valence-electron chi connectivity index (χ2n) is 7.76. The third kappa shape index (κ3) is 3.26. The Balaban J connectivity index is 1.65. The zero-order valence-corrected chi connectivity index (χ0v) is 19.3. The Morgan fingerprint density at radius 2 is 2.03 bits per heavy atom. The third-order valence-electron chi connectivity index (χ3n) is 5.78. The smallest absolute Gasteiger partial charge is 0.239 e. The van der Waals surface area contributed by atoms with E-state index in [1.54, 1.807) is 30.8 Å². The molecule has 0 radical (unpaired) electrons. The molecule has 4 aromatic rings. The fraction of sp³-hybridized carbons (Fsp3) is 0.174. The van der Waals surface area contributed by atoms with Crippen molar-refractivity contribution < 1.29 is 9.21 Å².